The fourth-order valence-electron chi connectivity index (χ4n) is 9.93. The Bertz CT molecular complexity index is 1030. The van der Waals surface area contributed by atoms with Crippen LogP contribution >= 0.6 is 67.8 Å². The zero-order chi connectivity index (χ0) is 27.9. The van der Waals surface area contributed by atoms with Crippen molar-refractivity contribution in [3.63, 3.8) is 0 Å². The molecule has 0 aromatic heterocycles. The van der Waals surface area contributed by atoms with Crippen LogP contribution in [0.5, 0.6) is 0 Å². The smallest absolute Gasteiger partial charge is 0.0612 e. The van der Waals surface area contributed by atoms with Crippen LogP contribution in [0.15, 0.2) is 23.8 Å². The summed E-state index contributed by atoms with van der Waals surface area (Å²) in [5.74, 6) is 5.49. The van der Waals surface area contributed by atoms with Gasteiger partial charge in [-0.3, -0.25) is 0 Å². The van der Waals surface area contributed by atoms with E-state index in [1.54, 1.807) is 5.57 Å². The van der Waals surface area contributed by atoms with Crippen molar-refractivity contribution in [3.8, 4) is 0 Å². The molecule has 3 saturated carbocycles. The van der Waals surface area contributed by atoms with Crippen molar-refractivity contribution in [3.05, 3.63) is 40.1 Å². The minimum atomic E-state index is 0.413. The molecule has 1 nitrogen and oxygen atoms in total. The molecule has 0 spiro atoms. The molecule has 0 amide bonds. The van der Waals surface area contributed by atoms with Gasteiger partial charge in [0.2, 0.25) is 0 Å². The van der Waals surface area contributed by atoms with E-state index in [1.807, 2.05) is 0 Å². The standard InChI is InChI=1S/C35H51I3O/c1-22(2)7-6-8-23(3)29-11-12-30-27-10-9-24-19-26(13-16-34(24,4)31(27)14-17-35(29,30)5)39-18-15-28-32(37)20-25(36)21-33(28)38/h9,20-23,26-27,29-31H,6-8,10-19H2,1-5H3/t23-,26+,27?,29-,30?,31?,34+,35-/m1/s1. The van der Waals surface area contributed by atoms with Crippen LogP contribution in [-0.4, -0.2) is 12.7 Å². The maximum atomic E-state index is 6.58. The minimum Gasteiger partial charge on any atom is -0.378 e. The molecule has 0 heterocycles. The van der Waals surface area contributed by atoms with Crippen LogP contribution in [0, 0.1) is 57.0 Å². The number of halogens is 3. The van der Waals surface area contributed by atoms with E-state index < -0.39 is 0 Å². The first-order chi connectivity index (χ1) is 18.5. The van der Waals surface area contributed by atoms with Gasteiger partial charge in [-0.05, 0) is 190 Å². The molecule has 0 saturated heterocycles. The third-order valence-corrected chi connectivity index (χ3v) is 14.6. The lowest BCUT2D eigenvalue weighted by Crippen LogP contribution is -2.51. The summed E-state index contributed by atoms with van der Waals surface area (Å²) in [7, 11) is 0. The van der Waals surface area contributed by atoms with Crippen molar-refractivity contribution in [1.82, 2.24) is 0 Å². The van der Waals surface area contributed by atoms with Gasteiger partial charge in [-0.1, -0.05) is 65.5 Å². The Morgan fingerprint density at radius 2 is 1.67 bits per heavy atom. The maximum absolute atomic E-state index is 6.58. The first-order valence-electron chi connectivity index (χ1n) is 16.0. The summed E-state index contributed by atoms with van der Waals surface area (Å²) in [6.07, 6.45) is 19.5. The van der Waals surface area contributed by atoms with E-state index in [4.69, 9.17) is 4.74 Å². The highest BCUT2D eigenvalue weighted by molar-refractivity contribution is 14.1. The second-order valence-electron chi connectivity index (χ2n) is 14.6. The molecule has 0 aliphatic heterocycles. The number of ether oxygens (including phenoxy) is 1. The van der Waals surface area contributed by atoms with Gasteiger partial charge in [0.25, 0.3) is 0 Å². The van der Waals surface area contributed by atoms with Crippen molar-refractivity contribution in [1.29, 1.82) is 0 Å². The number of hydrogen-bond acceptors (Lipinski definition) is 1. The van der Waals surface area contributed by atoms with Crippen LogP contribution in [0.4, 0.5) is 0 Å². The lowest BCUT2D eigenvalue weighted by Gasteiger charge is -2.58. The lowest BCUT2D eigenvalue weighted by molar-refractivity contribution is -0.0637. The van der Waals surface area contributed by atoms with Crippen LogP contribution < -0.4 is 0 Å². The molecule has 4 heteroatoms. The third-order valence-electron chi connectivity index (χ3n) is 12.1. The molecular formula is C35H51I3O. The average Bonchev–Trinajstić information content (AvgIpc) is 3.22. The van der Waals surface area contributed by atoms with Gasteiger partial charge in [0.05, 0.1) is 12.7 Å². The number of rotatable bonds is 9. The summed E-state index contributed by atoms with van der Waals surface area (Å²) >= 11 is 7.42. The molecule has 0 N–H and O–H groups in total. The fraction of sp³-hybridized carbons (Fsp3) is 0.771. The molecule has 0 radical (unpaired) electrons. The molecule has 3 fully saturated rings. The summed E-state index contributed by atoms with van der Waals surface area (Å²) in [5, 5.41) is 0. The van der Waals surface area contributed by atoms with Gasteiger partial charge in [-0.15, -0.1) is 0 Å². The van der Waals surface area contributed by atoms with Gasteiger partial charge in [-0.2, -0.15) is 0 Å². The Morgan fingerprint density at radius 1 is 0.923 bits per heavy atom. The normalized spacial score (nSPS) is 36.7. The quantitative estimate of drug-likeness (QED) is 0.177. The summed E-state index contributed by atoms with van der Waals surface area (Å²) in [6, 6.07) is 4.59. The van der Waals surface area contributed by atoms with Gasteiger partial charge < -0.3 is 4.74 Å². The van der Waals surface area contributed by atoms with Crippen molar-refractivity contribution in [2.24, 2.45) is 46.3 Å². The molecule has 1 aromatic carbocycles. The first kappa shape index (κ1) is 31.5. The van der Waals surface area contributed by atoms with Crippen LogP contribution in [-0.2, 0) is 11.2 Å². The molecule has 218 valence electrons. The number of fused-ring (bicyclic) bond motifs is 5. The Hall–Kier alpha value is 1.11. The largest absolute Gasteiger partial charge is 0.378 e. The summed E-state index contributed by atoms with van der Waals surface area (Å²) in [5.41, 5.74) is 4.24. The van der Waals surface area contributed by atoms with E-state index in [9.17, 15) is 0 Å². The highest BCUT2D eigenvalue weighted by atomic mass is 127. The fourth-order valence-corrected chi connectivity index (χ4v) is 14.1. The van der Waals surface area contributed by atoms with Crippen molar-refractivity contribution in [2.45, 2.75) is 118 Å². The van der Waals surface area contributed by atoms with E-state index in [0.717, 1.165) is 48.5 Å². The van der Waals surface area contributed by atoms with Crippen molar-refractivity contribution >= 4 is 67.8 Å². The Kier molecular flexibility index (Phi) is 10.5. The van der Waals surface area contributed by atoms with E-state index >= 15 is 0 Å². The SMILES string of the molecule is CC(C)CCC[C@@H](C)[C@H]1CCC2C3CC=C4C[C@@H](OCCc5c(I)cc(I)cc5I)CC[C@]4(C)C3CC[C@@]21C. The molecule has 8 atom stereocenters. The van der Waals surface area contributed by atoms with Crippen LogP contribution in [0.1, 0.15) is 111 Å². The predicted molar refractivity (Wildman–Crippen MR) is 191 cm³/mol. The van der Waals surface area contributed by atoms with E-state index in [0.29, 0.717) is 16.9 Å². The Labute approximate surface area is 280 Å². The predicted octanol–water partition coefficient (Wildman–Crippen LogP) is 11.5. The monoisotopic (exact) mass is 868 g/mol. The average molecular weight is 869 g/mol. The Balaban J connectivity index is 1.20. The van der Waals surface area contributed by atoms with Crippen molar-refractivity contribution in [2.75, 3.05) is 6.61 Å². The molecule has 5 rings (SSSR count). The molecule has 1 aromatic rings. The number of hydrogen-bond donors (Lipinski definition) is 0. The molecule has 4 aliphatic rings. The van der Waals surface area contributed by atoms with Gasteiger partial charge in [0, 0.05) is 10.7 Å². The van der Waals surface area contributed by atoms with E-state index in [-0.39, 0.29) is 0 Å². The zero-order valence-electron chi connectivity index (χ0n) is 25.0. The summed E-state index contributed by atoms with van der Waals surface area (Å²) in [6.45, 7) is 13.6. The van der Waals surface area contributed by atoms with Crippen LogP contribution in [0.25, 0.3) is 0 Å². The molecule has 3 unspecified atom stereocenters. The van der Waals surface area contributed by atoms with Crippen LogP contribution in [0.3, 0.4) is 0 Å². The van der Waals surface area contributed by atoms with Gasteiger partial charge in [-0.25, -0.2) is 0 Å². The zero-order valence-corrected chi connectivity index (χ0v) is 31.5. The lowest BCUT2D eigenvalue weighted by atomic mass is 9.47. The first-order valence-corrected chi connectivity index (χ1v) is 19.2. The highest BCUT2D eigenvalue weighted by Crippen LogP contribution is 2.67. The molecular weight excluding hydrogens is 817 g/mol. The van der Waals surface area contributed by atoms with Crippen LogP contribution in [0.2, 0.25) is 0 Å². The second kappa shape index (κ2) is 13.0. The van der Waals surface area contributed by atoms with Gasteiger partial charge in [0.1, 0.15) is 0 Å². The Morgan fingerprint density at radius 3 is 2.38 bits per heavy atom. The molecule has 39 heavy (non-hydrogen) atoms. The second-order valence-corrected chi connectivity index (χ2v) is 18.2. The minimum absolute atomic E-state index is 0.413. The van der Waals surface area contributed by atoms with Crippen molar-refractivity contribution < 1.29 is 4.74 Å². The third kappa shape index (κ3) is 6.49. The summed E-state index contributed by atoms with van der Waals surface area (Å²) < 4.78 is 10.7. The maximum Gasteiger partial charge on any atom is 0.0612 e. The highest BCUT2D eigenvalue weighted by Gasteiger charge is 2.59. The number of allylic oxidation sites excluding steroid dienone is 1. The topological polar surface area (TPSA) is 9.23 Å². The van der Waals surface area contributed by atoms with Gasteiger partial charge in [0.15, 0.2) is 0 Å². The molecule has 0 bridgehead atoms. The van der Waals surface area contributed by atoms with E-state index in [2.05, 4.69) is 121 Å². The summed E-state index contributed by atoms with van der Waals surface area (Å²) in [4.78, 5) is 0. The number of benzene rings is 1. The van der Waals surface area contributed by atoms with E-state index in [1.165, 1.54) is 86.9 Å². The molecule has 4 aliphatic carbocycles. The van der Waals surface area contributed by atoms with Gasteiger partial charge >= 0.3 is 0 Å².